The van der Waals surface area contributed by atoms with E-state index in [0.717, 1.165) is 34.9 Å². The summed E-state index contributed by atoms with van der Waals surface area (Å²) in [5.74, 6) is 0.877. The maximum Gasteiger partial charge on any atom is 0.344 e. The molecule has 2 aromatic carbocycles. The zero-order valence-electron chi connectivity index (χ0n) is 13.0. The van der Waals surface area contributed by atoms with Crippen molar-refractivity contribution in [2.45, 2.75) is 39.2 Å². The summed E-state index contributed by atoms with van der Waals surface area (Å²) in [6.45, 7) is 6.16. The molecular weight excluding hydrogens is 276 g/mol. The highest BCUT2D eigenvalue weighted by molar-refractivity contribution is 6.06. The first-order valence-electron chi connectivity index (χ1n) is 7.63. The summed E-state index contributed by atoms with van der Waals surface area (Å²) >= 11 is 0. The van der Waals surface area contributed by atoms with Gasteiger partial charge in [0.05, 0.1) is 5.39 Å². The Morgan fingerprint density at radius 1 is 1.09 bits per heavy atom. The number of hydrogen-bond donors (Lipinski definition) is 0. The molecule has 3 nitrogen and oxygen atoms in total. The van der Waals surface area contributed by atoms with Crippen LogP contribution in [0, 0.1) is 6.92 Å². The SMILES string of the molecule is Cc1c2c(cc3c1oc(=O)c1ccccc13)CCC(C)(C)O2. The molecule has 112 valence electrons. The second-order valence-corrected chi connectivity index (χ2v) is 6.66. The second kappa shape index (κ2) is 4.35. The molecule has 0 N–H and O–H groups in total. The van der Waals surface area contributed by atoms with Gasteiger partial charge in [0.25, 0.3) is 0 Å². The largest absolute Gasteiger partial charge is 0.487 e. The van der Waals surface area contributed by atoms with E-state index in [9.17, 15) is 4.79 Å². The average Bonchev–Trinajstić information content (AvgIpc) is 2.49. The summed E-state index contributed by atoms with van der Waals surface area (Å²) in [6.07, 6.45) is 1.96. The Balaban J connectivity index is 2.14. The van der Waals surface area contributed by atoms with Gasteiger partial charge in [0.15, 0.2) is 0 Å². The van der Waals surface area contributed by atoms with Gasteiger partial charge < -0.3 is 9.15 Å². The normalized spacial score (nSPS) is 16.5. The predicted octanol–water partition coefficient (Wildman–Crippen LogP) is 4.36. The van der Waals surface area contributed by atoms with E-state index in [1.165, 1.54) is 5.56 Å². The van der Waals surface area contributed by atoms with E-state index in [0.29, 0.717) is 11.0 Å². The van der Waals surface area contributed by atoms with E-state index in [1.807, 2.05) is 31.2 Å². The lowest BCUT2D eigenvalue weighted by Gasteiger charge is -2.33. The summed E-state index contributed by atoms with van der Waals surface area (Å²) in [5.41, 5.74) is 2.29. The maximum absolute atomic E-state index is 12.2. The lowest BCUT2D eigenvalue weighted by molar-refractivity contribution is 0.0838. The van der Waals surface area contributed by atoms with E-state index < -0.39 is 0 Å². The van der Waals surface area contributed by atoms with Crippen molar-refractivity contribution in [2.75, 3.05) is 0 Å². The number of fused-ring (bicyclic) bond motifs is 4. The molecule has 0 fully saturated rings. The number of aryl methyl sites for hydroxylation is 2. The first-order chi connectivity index (χ1) is 10.5. The third-order valence-corrected chi connectivity index (χ3v) is 4.54. The fraction of sp³-hybridized carbons (Fsp3) is 0.316. The fourth-order valence-electron chi connectivity index (χ4n) is 3.32. The predicted molar refractivity (Wildman–Crippen MR) is 87.8 cm³/mol. The highest BCUT2D eigenvalue weighted by Gasteiger charge is 2.29. The molecular formula is C19H18O3. The van der Waals surface area contributed by atoms with Crippen LogP contribution in [0.1, 0.15) is 31.4 Å². The summed E-state index contributed by atoms with van der Waals surface area (Å²) < 4.78 is 11.8. The van der Waals surface area contributed by atoms with Gasteiger partial charge >= 0.3 is 5.63 Å². The van der Waals surface area contributed by atoms with Crippen LogP contribution in [0.5, 0.6) is 5.75 Å². The number of benzene rings is 2. The van der Waals surface area contributed by atoms with Gasteiger partial charge in [-0.2, -0.15) is 0 Å². The third-order valence-electron chi connectivity index (χ3n) is 4.54. The van der Waals surface area contributed by atoms with Gasteiger partial charge in [-0.05, 0) is 56.7 Å². The molecule has 0 bridgehead atoms. The van der Waals surface area contributed by atoms with Gasteiger partial charge in [0.1, 0.15) is 16.9 Å². The van der Waals surface area contributed by atoms with Crippen molar-refractivity contribution >= 4 is 21.7 Å². The Labute approximate surface area is 128 Å². The van der Waals surface area contributed by atoms with E-state index in [-0.39, 0.29) is 11.2 Å². The standard InChI is InChI=1S/C19H18O3/c1-11-16-12(8-9-19(2,3)22-16)10-15-13-6-4-5-7-14(13)18(20)21-17(11)15/h4-7,10H,8-9H2,1-3H3. The Morgan fingerprint density at radius 2 is 1.82 bits per heavy atom. The highest BCUT2D eigenvalue weighted by Crippen LogP contribution is 2.40. The number of hydrogen-bond acceptors (Lipinski definition) is 3. The van der Waals surface area contributed by atoms with Crippen molar-refractivity contribution in [3.63, 3.8) is 0 Å². The van der Waals surface area contributed by atoms with Crippen LogP contribution in [0.25, 0.3) is 21.7 Å². The second-order valence-electron chi connectivity index (χ2n) is 6.66. The van der Waals surface area contributed by atoms with Crippen LogP contribution in [-0.4, -0.2) is 5.60 Å². The molecule has 0 amide bonds. The minimum Gasteiger partial charge on any atom is -0.487 e. The van der Waals surface area contributed by atoms with Crippen LogP contribution in [0.3, 0.4) is 0 Å². The molecule has 3 aromatic rings. The highest BCUT2D eigenvalue weighted by atomic mass is 16.5. The van der Waals surface area contributed by atoms with E-state index in [2.05, 4.69) is 19.9 Å². The molecule has 1 aliphatic rings. The molecule has 3 heteroatoms. The van der Waals surface area contributed by atoms with Crippen LogP contribution in [0.4, 0.5) is 0 Å². The average molecular weight is 294 g/mol. The number of rotatable bonds is 0. The van der Waals surface area contributed by atoms with Crippen LogP contribution >= 0.6 is 0 Å². The van der Waals surface area contributed by atoms with Crippen molar-refractivity contribution in [3.05, 3.63) is 51.9 Å². The molecule has 4 rings (SSSR count). The summed E-state index contributed by atoms with van der Waals surface area (Å²) in [4.78, 5) is 12.2. The van der Waals surface area contributed by atoms with Gasteiger partial charge in [-0.3, -0.25) is 0 Å². The van der Waals surface area contributed by atoms with Gasteiger partial charge in [0.2, 0.25) is 0 Å². The Morgan fingerprint density at radius 3 is 2.59 bits per heavy atom. The lowest BCUT2D eigenvalue weighted by atomic mass is 9.91. The topological polar surface area (TPSA) is 39.4 Å². The zero-order valence-corrected chi connectivity index (χ0v) is 13.0. The minimum atomic E-state index is -0.291. The van der Waals surface area contributed by atoms with Crippen LogP contribution in [0.2, 0.25) is 0 Å². The van der Waals surface area contributed by atoms with Crippen LogP contribution < -0.4 is 10.4 Å². The molecule has 1 aliphatic heterocycles. The Kier molecular flexibility index (Phi) is 2.65. The third kappa shape index (κ3) is 1.85. The first kappa shape index (κ1) is 13.4. The molecule has 0 unspecified atom stereocenters. The van der Waals surface area contributed by atoms with Crippen molar-refractivity contribution in [2.24, 2.45) is 0 Å². The van der Waals surface area contributed by atoms with Crippen LogP contribution in [-0.2, 0) is 6.42 Å². The summed E-state index contributed by atoms with van der Waals surface area (Å²) in [5, 5.41) is 2.57. The molecule has 2 heterocycles. The zero-order chi connectivity index (χ0) is 15.5. The molecule has 0 radical (unpaired) electrons. The fourth-order valence-corrected chi connectivity index (χ4v) is 3.32. The number of ether oxygens (including phenoxy) is 1. The molecule has 0 saturated heterocycles. The van der Waals surface area contributed by atoms with E-state index in [1.54, 1.807) is 0 Å². The molecule has 0 atom stereocenters. The summed E-state index contributed by atoms with van der Waals surface area (Å²) in [6, 6.07) is 9.73. The molecule has 0 aliphatic carbocycles. The van der Waals surface area contributed by atoms with E-state index in [4.69, 9.17) is 9.15 Å². The minimum absolute atomic E-state index is 0.178. The Bertz CT molecular complexity index is 964. The van der Waals surface area contributed by atoms with Crippen molar-refractivity contribution < 1.29 is 9.15 Å². The summed E-state index contributed by atoms with van der Waals surface area (Å²) in [7, 11) is 0. The molecule has 1 aromatic heterocycles. The van der Waals surface area contributed by atoms with Crippen molar-refractivity contribution in [1.29, 1.82) is 0 Å². The van der Waals surface area contributed by atoms with E-state index >= 15 is 0 Å². The Hall–Kier alpha value is -2.29. The molecule has 22 heavy (non-hydrogen) atoms. The monoisotopic (exact) mass is 294 g/mol. The quantitative estimate of drug-likeness (QED) is 0.457. The molecule has 0 saturated carbocycles. The van der Waals surface area contributed by atoms with Crippen LogP contribution in [0.15, 0.2) is 39.5 Å². The van der Waals surface area contributed by atoms with Gasteiger partial charge in [0, 0.05) is 10.9 Å². The van der Waals surface area contributed by atoms with Crippen molar-refractivity contribution in [1.82, 2.24) is 0 Å². The van der Waals surface area contributed by atoms with Gasteiger partial charge in [-0.25, -0.2) is 4.79 Å². The van der Waals surface area contributed by atoms with Crippen molar-refractivity contribution in [3.8, 4) is 5.75 Å². The van der Waals surface area contributed by atoms with Gasteiger partial charge in [-0.15, -0.1) is 0 Å². The first-order valence-corrected chi connectivity index (χ1v) is 7.63. The smallest absolute Gasteiger partial charge is 0.344 e. The molecule has 0 spiro atoms. The van der Waals surface area contributed by atoms with Gasteiger partial charge in [-0.1, -0.05) is 18.2 Å². The maximum atomic E-state index is 12.2. The lowest BCUT2D eigenvalue weighted by Crippen LogP contribution is -2.33.